The summed E-state index contributed by atoms with van der Waals surface area (Å²) < 4.78 is 19.0. The number of hydrogen-bond acceptors (Lipinski definition) is 3. The highest BCUT2D eigenvalue weighted by atomic mass is 79.9. The first-order valence-corrected chi connectivity index (χ1v) is 7.37. The third-order valence-corrected chi connectivity index (χ3v) is 3.29. The Morgan fingerprint density at radius 1 is 1.36 bits per heavy atom. The summed E-state index contributed by atoms with van der Waals surface area (Å²) in [5, 5.41) is 4.11. The summed E-state index contributed by atoms with van der Waals surface area (Å²) in [4.78, 5) is 11.6. The van der Waals surface area contributed by atoms with Gasteiger partial charge < -0.3 is 4.74 Å². The molecule has 0 unspecified atom stereocenters. The van der Waals surface area contributed by atoms with Gasteiger partial charge in [0.2, 0.25) is 0 Å². The first-order chi connectivity index (χ1) is 10.5. The first kappa shape index (κ1) is 16.5. The smallest absolute Gasteiger partial charge is 0.277 e. The molecule has 2 rings (SSSR count). The molecule has 0 bridgehead atoms. The van der Waals surface area contributed by atoms with Crippen molar-refractivity contribution in [3.63, 3.8) is 0 Å². The number of hydrogen-bond donors (Lipinski definition) is 1. The number of benzene rings is 2. The maximum Gasteiger partial charge on any atom is 0.277 e. The second-order valence-electron chi connectivity index (χ2n) is 4.21. The van der Waals surface area contributed by atoms with Crippen LogP contribution >= 0.6 is 27.5 Å². The first-order valence-electron chi connectivity index (χ1n) is 6.20. The zero-order chi connectivity index (χ0) is 15.9. The molecule has 0 aliphatic heterocycles. The predicted octanol–water partition coefficient (Wildman–Crippen LogP) is 3.77. The van der Waals surface area contributed by atoms with E-state index in [0.29, 0.717) is 16.3 Å². The Labute approximate surface area is 140 Å². The number of nitrogens with zero attached hydrogens (tertiary/aromatic N) is 1. The maximum absolute atomic E-state index is 12.9. The summed E-state index contributed by atoms with van der Waals surface area (Å²) in [6, 6.07) is 10.9. The van der Waals surface area contributed by atoms with Gasteiger partial charge in [0.25, 0.3) is 5.91 Å². The minimum absolute atomic E-state index is 0.234. The molecule has 0 aliphatic carbocycles. The lowest BCUT2D eigenvalue weighted by molar-refractivity contribution is -0.123. The van der Waals surface area contributed by atoms with E-state index in [9.17, 15) is 9.18 Å². The third kappa shape index (κ3) is 5.13. The molecular weight excluding hydrogens is 375 g/mol. The van der Waals surface area contributed by atoms with Crippen LogP contribution in [0.25, 0.3) is 0 Å². The van der Waals surface area contributed by atoms with Crippen LogP contribution in [-0.2, 0) is 4.79 Å². The molecule has 114 valence electrons. The highest BCUT2D eigenvalue weighted by Gasteiger charge is 2.05. The van der Waals surface area contributed by atoms with Gasteiger partial charge in [0.1, 0.15) is 11.6 Å². The Bertz CT molecular complexity index is 710. The van der Waals surface area contributed by atoms with E-state index >= 15 is 0 Å². The number of amides is 1. The molecule has 1 amide bonds. The van der Waals surface area contributed by atoms with Crippen molar-refractivity contribution < 1.29 is 13.9 Å². The van der Waals surface area contributed by atoms with E-state index in [4.69, 9.17) is 16.3 Å². The van der Waals surface area contributed by atoms with Crippen molar-refractivity contribution in [3.05, 3.63) is 63.3 Å². The Hall–Kier alpha value is -1.92. The molecule has 0 saturated carbocycles. The number of rotatable bonds is 5. The van der Waals surface area contributed by atoms with Crippen LogP contribution in [0.3, 0.4) is 0 Å². The zero-order valence-corrected chi connectivity index (χ0v) is 13.6. The molecule has 0 aliphatic rings. The van der Waals surface area contributed by atoms with E-state index in [0.717, 1.165) is 4.47 Å². The van der Waals surface area contributed by atoms with E-state index in [2.05, 4.69) is 26.5 Å². The molecule has 2 aromatic rings. The molecule has 0 heterocycles. The van der Waals surface area contributed by atoms with Crippen LogP contribution in [0.15, 0.2) is 52.0 Å². The second kappa shape index (κ2) is 7.91. The van der Waals surface area contributed by atoms with E-state index in [-0.39, 0.29) is 12.4 Å². The zero-order valence-electron chi connectivity index (χ0n) is 11.2. The van der Waals surface area contributed by atoms with Crippen LogP contribution in [-0.4, -0.2) is 18.7 Å². The van der Waals surface area contributed by atoms with Crippen molar-refractivity contribution in [2.24, 2.45) is 5.10 Å². The molecule has 0 fully saturated rings. The minimum atomic E-state index is -0.452. The molecule has 0 spiro atoms. The average Bonchev–Trinajstić information content (AvgIpc) is 2.46. The maximum atomic E-state index is 12.9. The molecule has 4 nitrogen and oxygen atoms in total. The topological polar surface area (TPSA) is 50.7 Å². The summed E-state index contributed by atoms with van der Waals surface area (Å²) in [6.07, 6.45) is 1.34. The van der Waals surface area contributed by atoms with Gasteiger partial charge in [0.05, 0.1) is 11.2 Å². The van der Waals surface area contributed by atoms with Gasteiger partial charge in [-0.1, -0.05) is 39.7 Å². The predicted molar refractivity (Wildman–Crippen MR) is 86.8 cm³/mol. The van der Waals surface area contributed by atoms with Gasteiger partial charge in [0.15, 0.2) is 6.61 Å². The van der Waals surface area contributed by atoms with Crippen molar-refractivity contribution in [1.29, 1.82) is 0 Å². The van der Waals surface area contributed by atoms with Crippen molar-refractivity contribution >= 4 is 39.7 Å². The molecule has 7 heteroatoms. The van der Waals surface area contributed by atoms with Gasteiger partial charge in [-0.15, -0.1) is 0 Å². The standard InChI is InChI=1S/C15H11BrClFN2O2/c16-11-4-5-14(13(17)7-11)22-9-15(21)20-19-8-10-2-1-3-12(18)6-10/h1-8H,9H2,(H,20,21). The highest BCUT2D eigenvalue weighted by Crippen LogP contribution is 2.27. The molecule has 0 atom stereocenters. The Morgan fingerprint density at radius 3 is 2.91 bits per heavy atom. The summed E-state index contributed by atoms with van der Waals surface area (Å²) in [7, 11) is 0. The number of hydrazone groups is 1. The molecule has 0 saturated heterocycles. The van der Waals surface area contributed by atoms with Gasteiger partial charge in [-0.05, 0) is 35.9 Å². The number of halogens is 3. The molecule has 0 aromatic heterocycles. The summed E-state index contributed by atoms with van der Waals surface area (Å²) >= 11 is 9.23. The minimum Gasteiger partial charge on any atom is -0.482 e. The van der Waals surface area contributed by atoms with Crippen LogP contribution in [0.5, 0.6) is 5.75 Å². The lowest BCUT2D eigenvalue weighted by Gasteiger charge is -2.07. The number of nitrogens with one attached hydrogen (secondary N) is 1. The van der Waals surface area contributed by atoms with Crippen LogP contribution < -0.4 is 10.2 Å². The molecule has 1 N–H and O–H groups in total. The normalized spacial score (nSPS) is 10.7. The lowest BCUT2D eigenvalue weighted by atomic mass is 10.2. The number of carbonyl (C=O) groups excluding carboxylic acids is 1. The molecule has 2 aromatic carbocycles. The fourth-order valence-electron chi connectivity index (χ4n) is 1.53. The molecule has 0 radical (unpaired) electrons. The van der Waals surface area contributed by atoms with Crippen molar-refractivity contribution in [2.45, 2.75) is 0 Å². The quantitative estimate of drug-likeness (QED) is 0.629. The van der Waals surface area contributed by atoms with Crippen molar-refractivity contribution in [1.82, 2.24) is 5.43 Å². The van der Waals surface area contributed by atoms with E-state index in [1.807, 2.05) is 0 Å². The summed E-state index contributed by atoms with van der Waals surface area (Å²) in [6.45, 7) is -0.234. The summed E-state index contributed by atoms with van der Waals surface area (Å²) in [5.74, 6) is -0.427. The Morgan fingerprint density at radius 2 is 2.18 bits per heavy atom. The summed E-state index contributed by atoms with van der Waals surface area (Å²) in [5.41, 5.74) is 2.82. The van der Waals surface area contributed by atoms with Crippen molar-refractivity contribution in [2.75, 3.05) is 6.61 Å². The van der Waals surface area contributed by atoms with Crippen LogP contribution in [0.1, 0.15) is 5.56 Å². The van der Waals surface area contributed by atoms with E-state index in [1.165, 1.54) is 18.3 Å². The molecular formula is C15H11BrClFN2O2. The monoisotopic (exact) mass is 384 g/mol. The average molecular weight is 386 g/mol. The Kier molecular flexibility index (Phi) is 5.91. The van der Waals surface area contributed by atoms with E-state index in [1.54, 1.807) is 30.3 Å². The Balaban J connectivity index is 1.83. The van der Waals surface area contributed by atoms with Gasteiger partial charge in [-0.2, -0.15) is 5.10 Å². The van der Waals surface area contributed by atoms with Gasteiger partial charge >= 0.3 is 0 Å². The fourth-order valence-corrected chi connectivity index (χ4v) is 2.26. The van der Waals surface area contributed by atoms with Crippen LogP contribution in [0.2, 0.25) is 5.02 Å². The lowest BCUT2D eigenvalue weighted by Crippen LogP contribution is -2.24. The van der Waals surface area contributed by atoms with Gasteiger partial charge in [-0.3, -0.25) is 4.79 Å². The second-order valence-corrected chi connectivity index (χ2v) is 5.53. The number of ether oxygens (including phenoxy) is 1. The van der Waals surface area contributed by atoms with Gasteiger partial charge in [-0.25, -0.2) is 9.82 Å². The number of carbonyl (C=O) groups is 1. The fraction of sp³-hybridized carbons (Fsp3) is 0.0667. The van der Waals surface area contributed by atoms with Crippen LogP contribution in [0, 0.1) is 5.82 Å². The van der Waals surface area contributed by atoms with Gasteiger partial charge in [0, 0.05) is 4.47 Å². The molecule has 22 heavy (non-hydrogen) atoms. The largest absolute Gasteiger partial charge is 0.482 e. The third-order valence-electron chi connectivity index (χ3n) is 2.50. The highest BCUT2D eigenvalue weighted by molar-refractivity contribution is 9.10. The van der Waals surface area contributed by atoms with E-state index < -0.39 is 5.91 Å². The van der Waals surface area contributed by atoms with Crippen LogP contribution in [0.4, 0.5) is 4.39 Å². The van der Waals surface area contributed by atoms with Crippen molar-refractivity contribution in [3.8, 4) is 5.75 Å². The SMILES string of the molecule is O=C(COc1ccc(Br)cc1Cl)NN=Cc1cccc(F)c1.